The molecular formula is C24H26F3N7. The first-order chi connectivity index (χ1) is 16.3. The average Bonchev–Trinajstić information content (AvgIpc) is 3.57. The molecule has 0 unspecified atom stereocenters. The maximum Gasteiger partial charge on any atom is 0.416 e. The number of nitrogens with one attached hydrogen (secondary N) is 1. The fraction of sp³-hybridized carbons (Fsp3) is 0.417. The minimum absolute atomic E-state index is 0.369. The maximum atomic E-state index is 13.1. The predicted molar refractivity (Wildman–Crippen MR) is 127 cm³/mol. The van der Waals surface area contributed by atoms with E-state index in [0.29, 0.717) is 35.7 Å². The van der Waals surface area contributed by atoms with E-state index >= 15 is 0 Å². The molecule has 1 aromatic heterocycles. The van der Waals surface area contributed by atoms with Crippen LogP contribution in [0.2, 0.25) is 0 Å². The number of anilines is 2. The van der Waals surface area contributed by atoms with Crippen molar-refractivity contribution in [3.8, 4) is 0 Å². The molecule has 3 heterocycles. The molecule has 5 rings (SSSR count). The second kappa shape index (κ2) is 9.17. The summed E-state index contributed by atoms with van der Waals surface area (Å²) in [5.41, 5.74) is 1.06. The van der Waals surface area contributed by atoms with E-state index in [1.165, 1.54) is 24.5 Å². The van der Waals surface area contributed by atoms with Crippen LogP contribution in [0.1, 0.15) is 29.8 Å². The van der Waals surface area contributed by atoms with Gasteiger partial charge in [-0.05, 0) is 61.2 Å². The van der Waals surface area contributed by atoms with Gasteiger partial charge >= 0.3 is 6.18 Å². The number of alkyl halides is 3. The Bertz CT molecular complexity index is 1140. The molecule has 0 spiro atoms. The van der Waals surface area contributed by atoms with Gasteiger partial charge in [-0.15, -0.1) is 0 Å². The van der Waals surface area contributed by atoms with E-state index in [4.69, 9.17) is 0 Å². The third kappa shape index (κ3) is 5.44. The Morgan fingerprint density at radius 2 is 1.82 bits per heavy atom. The number of hydrogen-bond donors (Lipinski definition) is 1. The number of aliphatic imine (C=N–C) groups is 1. The van der Waals surface area contributed by atoms with Crippen LogP contribution in [-0.4, -0.2) is 65.5 Å². The number of rotatable bonds is 5. The molecule has 7 nitrogen and oxygen atoms in total. The van der Waals surface area contributed by atoms with E-state index in [9.17, 15) is 13.2 Å². The number of nitrogens with zero attached hydrogens (tertiary/aromatic N) is 6. The van der Waals surface area contributed by atoms with Crippen molar-refractivity contribution in [2.45, 2.75) is 19.0 Å². The molecular weight excluding hydrogens is 443 g/mol. The standard InChI is InChI=1S/C24H26F3N7/c1-33-9-11-34(12-10-33)23-31-20(8-5-16-3-2-4-19(13-16)24(25,26)27)29-22(32-23)30-21-14-18(15-28-21)17-6-7-17/h2-5,8,13-14,17H,6-7,9-12,15H2,1H3,(H,28,29,30,31,32)/b8-5+. The van der Waals surface area contributed by atoms with Crippen molar-refractivity contribution in [3.63, 3.8) is 0 Å². The highest BCUT2D eigenvalue weighted by atomic mass is 19.4. The second-order valence-electron chi connectivity index (χ2n) is 8.88. The van der Waals surface area contributed by atoms with Gasteiger partial charge in [0.05, 0.1) is 12.1 Å². The van der Waals surface area contributed by atoms with E-state index in [0.717, 1.165) is 44.1 Å². The fourth-order valence-corrected chi connectivity index (χ4v) is 3.98. The van der Waals surface area contributed by atoms with Gasteiger partial charge in [-0.3, -0.25) is 4.99 Å². The Kier molecular flexibility index (Phi) is 6.07. The van der Waals surface area contributed by atoms with Crippen molar-refractivity contribution in [2.75, 3.05) is 50.0 Å². The van der Waals surface area contributed by atoms with Crippen LogP contribution in [0.5, 0.6) is 0 Å². The molecule has 1 aromatic carbocycles. The lowest BCUT2D eigenvalue weighted by atomic mass is 10.1. The number of benzene rings is 1. The summed E-state index contributed by atoms with van der Waals surface area (Å²) in [5, 5.41) is 3.20. The number of hydrogen-bond acceptors (Lipinski definition) is 7. The monoisotopic (exact) mass is 469 g/mol. The van der Waals surface area contributed by atoms with E-state index in [2.05, 4.69) is 48.2 Å². The Hall–Kier alpha value is -3.27. The maximum absolute atomic E-state index is 13.1. The molecule has 34 heavy (non-hydrogen) atoms. The van der Waals surface area contributed by atoms with Gasteiger partial charge in [0.2, 0.25) is 11.9 Å². The molecule has 2 fully saturated rings. The highest BCUT2D eigenvalue weighted by Gasteiger charge is 2.30. The van der Waals surface area contributed by atoms with Crippen LogP contribution >= 0.6 is 0 Å². The van der Waals surface area contributed by atoms with Gasteiger partial charge in [0.25, 0.3) is 0 Å². The summed E-state index contributed by atoms with van der Waals surface area (Å²) in [6.45, 7) is 4.05. The molecule has 1 N–H and O–H groups in total. The SMILES string of the molecule is CN1CCN(c2nc(/C=C/c3cccc(C(F)(F)F)c3)nc(NC3=NCC(C4CC4)=C3)n2)CC1. The quantitative estimate of drug-likeness (QED) is 0.715. The molecule has 10 heteroatoms. The van der Waals surface area contributed by atoms with Crippen molar-refractivity contribution in [1.29, 1.82) is 0 Å². The Labute approximate surface area is 196 Å². The summed E-state index contributed by atoms with van der Waals surface area (Å²) in [4.78, 5) is 22.6. The van der Waals surface area contributed by atoms with Crippen LogP contribution in [0, 0.1) is 5.92 Å². The first-order valence-electron chi connectivity index (χ1n) is 11.4. The average molecular weight is 470 g/mol. The lowest BCUT2D eigenvalue weighted by molar-refractivity contribution is -0.137. The van der Waals surface area contributed by atoms with Gasteiger partial charge in [0.1, 0.15) is 5.84 Å². The summed E-state index contributed by atoms with van der Waals surface area (Å²) < 4.78 is 39.2. The van der Waals surface area contributed by atoms with Crippen LogP contribution in [0.4, 0.5) is 25.1 Å². The molecule has 2 aromatic rings. The van der Waals surface area contributed by atoms with Crippen molar-refractivity contribution < 1.29 is 13.2 Å². The van der Waals surface area contributed by atoms with Crippen molar-refractivity contribution in [3.05, 3.63) is 52.9 Å². The van der Waals surface area contributed by atoms with Crippen LogP contribution in [0.15, 0.2) is 40.9 Å². The predicted octanol–water partition coefficient (Wildman–Crippen LogP) is 3.97. The third-order valence-electron chi connectivity index (χ3n) is 6.16. The first-order valence-corrected chi connectivity index (χ1v) is 11.4. The zero-order valence-electron chi connectivity index (χ0n) is 18.9. The second-order valence-corrected chi connectivity index (χ2v) is 8.88. The van der Waals surface area contributed by atoms with Gasteiger partial charge in [0, 0.05) is 26.2 Å². The molecule has 0 amide bonds. The summed E-state index contributed by atoms with van der Waals surface area (Å²) in [6, 6.07) is 5.17. The van der Waals surface area contributed by atoms with E-state index in [1.54, 1.807) is 18.2 Å². The molecule has 1 saturated carbocycles. The lowest BCUT2D eigenvalue weighted by Crippen LogP contribution is -2.45. The van der Waals surface area contributed by atoms with Crippen molar-refractivity contribution >= 4 is 29.9 Å². The van der Waals surface area contributed by atoms with Crippen molar-refractivity contribution in [2.24, 2.45) is 10.9 Å². The number of halogens is 3. The molecule has 0 atom stereocenters. The molecule has 1 aliphatic carbocycles. The number of amidine groups is 1. The van der Waals surface area contributed by atoms with Crippen LogP contribution in [0.25, 0.3) is 12.2 Å². The van der Waals surface area contributed by atoms with Crippen LogP contribution in [0.3, 0.4) is 0 Å². The number of aromatic nitrogens is 3. The zero-order valence-corrected chi connectivity index (χ0v) is 18.9. The zero-order chi connectivity index (χ0) is 23.7. The minimum atomic E-state index is -4.39. The van der Waals surface area contributed by atoms with E-state index in [1.807, 2.05) is 0 Å². The normalized spacial score (nSPS) is 19.5. The summed E-state index contributed by atoms with van der Waals surface area (Å²) in [7, 11) is 2.07. The fourth-order valence-electron chi connectivity index (χ4n) is 3.98. The summed E-state index contributed by atoms with van der Waals surface area (Å²) >= 11 is 0. The first kappa shape index (κ1) is 22.5. The number of piperazine rings is 1. The highest BCUT2D eigenvalue weighted by molar-refractivity contribution is 6.05. The third-order valence-corrected chi connectivity index (χ3v) is 6.16. The van der Waals surface area contributed by atoms with Gasteiger partial charge in [0.15, 0.2) is 5.82 Å². The highest BCUT2D eigenvalue weighted by Crippen LogP contribution is 2.37. The van der Waals surface area contributed by atoms with Gasteiger partial charge in [-0.25, -0.2) is 0 Å². The molecule has 2 aliphatic heterocycles. The lowest BCUT2D eigenvalue weighted by Gasteiger charge is -2.32. The molecule has 0 bridgehead atoms. The van der Waals surface area contributed by atoms with Gasteiger partial charge < -0.3 is 15.1 Å². The number of likely N-dealkylation sites (N-methyl/N-ethyl adjacent to an activating group) is 1. The Morgan fingerprint density at radius 1 is 1.03 bits per heavy atom. The minimum Gasteiger partial charge on any atom is -0.338 e. The van der Waals surface area contributed by atoms with E-state index in [-0.39, 0.29) is 0 Å². The topological polar surface area (TPSA) is 69.5 Å². The molecule has 1 saturated heterocycles. The van der Waals surface area contributed by atoms with Gasteiger partial charge in [-0.1, -0.05) is 18.2 Å². The Morgan fingerprint density at radius 3 is 2.56 bits per heavy atom. The molecule has 3 aliphatic rings. The Balaban J connectivity index is 1.41. The van der Waals surface area contributed by atoms with Crippen LogP contribution < -0.4 is 10.2 Å². The smallest absolute Gasteiger partial charge is 0.338 e. The summed E-state index contributed by atoms with van der Waals surface area (Å²) in [6.07, 6.45) is 3.31. The van der Waals surface area contributed by atoms with E-state index < -0.39 is 11.7 Å². The largest absolute Gasteiger partial charge is 0.416 e. The molecule has 178 valence electrons. The van der Waals surface area contributed by atoms with Crippen molar-refractivity contribution in [1.82, 2.24) is 19.9 Å². The van der Waals surface area contributed by atoms with Crippen LogP contribution in [-0.2, 0) is 6.18 Å². The summed E-state index contributed by atoms with van der Waals surface area (Å²) in [5.74, 6) is 2.66. The molecule has 0 radical (unpaired) electrons. The van der Waals surface area contributed by atoms with Gasteiger partial charge in [-0.2, -0.15) is 28.1 Å².